The predicted molar refractivity (Wildman–Crippen MR) is 114 cm³/mol. The Balaban J connectivity index is 1.57. The highest BCUT2D eigenvalue weighted by molar-refractivity contribution is 7.98. The second kappa shape index (κ2) is 6.93. The highest BCUT2D eigenvalue weighted by Crippen LogP contribution is 2.36. The van der Waals surface area contributed by atoms with Crippen molar-refractivity contribution >= 4 is 34.5 Å². The number of hydrogen-bond donors (Lipinski definition) is 1. The van der Waals surface area contributed by atoms with Crippen molar-refractivity contribution in [1.82, 2.24) is 9.78 Å². The van der Waals surface area contributed by atoms with Gasteiger partial charge in [0.05, 0.1) is 11.4 Å². The Morgan fingerprint density at radius 3 is 2.76 bits per heavy atom. The fourth-order valence-electron chi connectivity index (χ4n) is 3.41. The van der Waals surface area contributed by atoms with E-state index in [0.29, 0.717) is 16.8 Å². The van der Waals surface area contributed by atoms with Crippen molar-refractivity contribution in [2.24, 2.45) is 0 Å². The molecular weight excluding hydrogens is 386 g/mol. The number of amides is 1. The number of anilines is 1. The van der Waals surface area contributed by atoms with E-state index >= 15 is 0 Å². The minimum atomic E-state index is -0.659. The fraction of sp³-hybridized carbons (Fsp3) is 0.136. The first-order valence-corrected chi connectivity index (χ1v) is 10.4. The second-order valence-corrected chi connectivity index (χ2v) is 7.94. The lowest BCUT2D eigenvalue weighted by molar-refractivity contribution is 0.102. The van der Waals surface area contributed by atoms with E-state index in [2.05, 4.69) is 10.4 Å². The van der Waals surface area contributed by atoms with Gasteiger partial charge in [0, 0.05) is 22.5 Å². The molecular formula is C22H17N3O3S. The van der Waals surface area contributed by atoms with Gasteiger partial charge in [-0.15, -0.1) is 0 Å². The van der Waals surface area contributed by atoms with Gasteiger partial charge in [0.2, 0.25) is 0 Å². The van der Waals surface area contributed by atoms with Gasteiger partial charge in [0.15, 0.2) is 0 Å². The van der Waals surface area contributed by atoms with Crippen LogP contribution in [0.2, 0.25) is 0 Å². The number of carbonyl (C=O) groups excluding carboxylic acids is 1. The zero-order chi connectivity index (χ0) is 20.0. The summed E-state index contributed by atoms with van der Waals surface area (Å²) in [5.74, 6) is 1.67. The molecule has 7 heteroatoms. The first kappa shape index (κ1) is 17.8. The summed E-state index contributed by atoms with van der Waals surface area (Å²) in [4.78, 5) is 25.4. The Kier molecular flexibility index (Phi) is 4.24. The summed E-state index contributed by atoms with van der Waals surface area (Å²) in [6, 6.07) is 16.6. The van der Waals surface area contributed by atoms with E-state index in [1.807, 2.05) is 37.3 Å². The normalized spacial score (nSPS) is 12.9. The molecule has 1 amide bonds. The van der Waals surface area contributed by atoms with Gasteiger partial charge in [0.25, 0.3) is 5.91 Å². The Bertz CT molecular complexity index is 1310. The van der Waals surface area contributed by atoms with Crippen LogP contribution in [0.3, 0.4) is 0 Å². The number of fused-ring (bicyclic) bond motifs is 2. The number of carbonyl (C=O) groups is 1. The molecule has 6 nitrogen and oxygen atoms in total. The summed E-state index contributed by atoms with van der Waals surface area (Å²) in [5, 5.41) is 8.30. The van der Waals surface area contributed by atoms with Crippen molar-refractivity contribution in [2.75, 3.05) is 5.32 Å². The van der Waals surface area contributed by atoms with Gasteiger partial charge in [-0.25, -0.2) is 9.48 Å². The van der Waals surface area contributed by atoms with Crippen molar-refractivity contribution < 1.29 is 9.21 Å². The summed E-state index contributed by atoms with van der Waals surface area (Å²) in [5.41, 5.74) is 3.72. The van der Waals surface area contributed by atoms with Gasteiger partial charge in [-0.3, -0.25) is 4.79 Å². The predicted octanol–water partition coefficient (Wildman–Crippen LogP) is 4.29. The molecule has 0 radical (unpaired) electrons. The molecule has 1 aliphatic heterocycles. The van der Waals surface area contributed by atoms with Gasteiger partial charge in [-0.2, -0.15) is 16.9 Å². The molecule has 0 saturated carbocycles. The van der Waals surface area contributed by atoms with Crippen LogP contribution < -0.4 is 10.9 Å². The SMILES string of the molecule is Cc1ccc(-n2nc3c(c2NC(=O)c2cc4ccccc4oc2=O)CSC3)cc1. The van der Waals surface area contributed by atoms with Gasteiger partial charge >= 0.3 is 5.63 Å². The third-order valence-corrected chi connectivity index (χ3v) is 5.92. The number of rotatable bonds is 3. The van der Waals surface area contributed by atoms with Crippen LogP contribution in [0.4, 0.5) is 5.82 Å². The zero-order valence-corrected chi connectivity index (χ0v) is 16.5. The Morgan fingerprint density at radius 2 is 1.93 bits per heavy atom. The highest BCUT2D eigenvalue weighted by atomic mass is 32.2. The summed E-state index contributed by atoms with van der Waals surface area (Å²) < 4.78 is 7.05. The average Bonchev–Trinajstić information content (AvgIpc) is 3.31. The van der Waals surface area contributed by atoms with E-state index in [1.165, 1.54) is 0 Å². The molecule has 3 heterocycles. The average molecular weight is 403 g/mol. The number of nitrogens with one attached hydrogen (secondary N) is 1. The van der Waals surface area contributed by atoms with Gasteiger partial charge in [0.1, 0.15) is 17.0 Å². The number of nitrogens with zero attached hydrogens (tertiary/aromatic N) is 2. The van der Waals surface area contributed by atoms with E-state index in [1.54, 1.807) is 40.7 Å². The largest absolute Gasteiger partial charge is 0.422 e. The van der Waals surface area contributed by atoms with Crippen LogP contribution in [-0.4, -0.2) is 15.7 Å². The fourth-order valence-corrected chi connectivity index (χ4v) is 4.44. The molecule has 144 valence electrons. The molecule has 0 fully saturated rings. The minimum Gasteiger partial charge on any atom is -0.422 e. The molecule has 0 aliphatic carbocycles. The minimum absolute atomic E-state index is 0.0280. The van der Waals surface area contributed by atoms with Crippen LogP contribution in [0, 0.1) is 6.92 Å². The Labute approximate surface area is 170 Å². The van der Waals surface area contributed by atoms with Gasteiger partial charge in [-0.05, 0) is 31.2 Å². The van der Waals surface area contributed by atoms with E-state index in [0.717, 1.165) is 34.0 Å². The maximum Gasteiger partial charge on any atom is 0.349 e. The standard InChI is InChI=1S/C22H17N3O3S/c1-13-6-8-15(9-7-13)25-20(17-11-29-12-18(17)24-25)23-21(26)16-10-14-4-2-3-5-19(14)28-22(16)27/h2-10H,11-12H2,1H3,(H,23,26). The molecule has 0 bridgehead atoms. The van der Waals surface area contributed by atoms with Crippen molar-refractivity contribution in [2.45, 2.75) is 18.4 Å². The molecule has 0 atom stereocenters. The molecule has 1 aliphatic rings. The topological polar surface area (TPSA) is 77.1 Å². The molecule has 29 heavy (non-hydrogen) atoms. The number of thioether (sulfide) groups is 1. The summed E-state index contributed by atoms with van der Waals surface area (Å²) in [7, 11) is 0. The van der Waals surface area contributed by atoms with E-state index in [4.69, 9.17) is 4.42 Å². The van der Waals surface area contributed by atoms with Crippen molar-refractivity contribution in [3.05, 3.63) is 87.4 Å². The van der Waals surface area contributed by atoms with Crippen molar-refractivity contribution in [3.63, 3.8) is 0 Å². The first-order valence-electron chi connectivity index (χ1n) is 9.20. The van der Waals surface area contributed by atoms with Crippen LogP contribution in [-0.2, 0) is 11.5 Å². The summed E-state index contributed by atoms with van der Waals surface area (Å²) in [6.07, 6.45) is 0. The quantitative estimate of drug-likeness (QED) is 0.517. The molecule has 2 aromatic heterocycles. The lowest BCUT2D eigenvalue weighted by Crippen LogP contribution is -2.22. The zero-order valence-electron chi connectivity index (χ0n) is 15.6. The molecule has 0 spiro atoms. The van der Waals surface area contributed by atoms with Crippen LogP contribution in [0.1, 0.15) is 27.2 Å². The number of hydrogen-bond acceptors (Lipinski definition) is 5. The third kappa shape index (κ3) is 3.13. The molecule has 2 aromatic carbocycles. The monoisotopic (exact) mass is 403 g/mol. The third-order valence-electron chi connectivity index (χ3n) is 4.95. The summed E-state index contributed by atoms with van der Waals surface area (Å²) >= 11 is 1.75. The van der Waals surface area contributed by atoms with Crippen LogP contribution in [0.25, 0.3) is 16.7 Å². The van der Waals surface area contributed by atoms with Gasteiger partial charge < -0.3 is 9.73 Å². The van der Waals surface area contributed by atoms with E-state index in [-0.39, 0.29) is 5.56 Å². The van der Waals surface area contributed by atoms with E-state index < -0.39 is 11.5 Å². The lowest BCUT2D eigenvalue weighted by atomic mass is 10.1. The first-order chi connectivity index (χ1) is 14.1. The number of benzene rings is 2. The molecule has 1 N–H and O–H groups in total. The van der Waals surface area contributed by atoms with E-state index in [9.17, 15) is 9.59 Å². The smallest absolute Gasteiger partial charge is 0.349 e. The lowest BCUT2D eigenvalue weighted by Gasteiger charge is -2.11. The molecule has 5 rings (SSSR count). The number of para-hydroxylation sites is 1. The van der Waals surface area contributed by atoms with Crippen molar-refractivity contribution in [3.8, 4) is 5.69 Å². The van der Waals surface area contributed by atoms with Crippen LogP contribution >= 0.6 is 11.8 Å². The number of aryl methyl sites for hydroxylation is 1. The van der Waals surface area contributed by atoms with Crippen LogP contribution in [0.5, 0.6) is 0 Å². The highest BCUT2D eigenvalue weighted by Gasteiger charge is 2.26. The number of aromatic nitrogens is 2. The molecule has 0 saturated heterocycles. The molecule has 4 aromatic rings. The summed E-state index contributed by atoms with van der Waals surface area (Å²) in [6.45, 7) is 2.02. The van der Waals surface area contributed by atoms with Crippen molar-refractivity contribution in [1.29, 1.82) is 0 Å². The Morgan fingerprint density at radius 1 is 1.14 bits per heavy atom. The molecule has 0 unspecified atom stereocenters. The maximum absolute atomic E-state index is 13.0. The Hall–Kier alpha value is -3.32. The van der Waals surface area contributed by atoms with Gasteiger partial charge in [-0.1, -0.05) is 35.9 Å². The van der Waals surface area contributed by atoms with Crippen LogP contribution in [0.15, 0.2) is 63.8 Å². The maximum atomic E-state index is 13.0. The second-order valence-electron chi connectivity index (χ2n) is 6.95.